The predicted molar refractivity (Wildman–Crippen MR) is 103 cm³/mol. The summed E-state index contributed by atoms with van der Waals surface area (Å²) < 4.78 is 5.15. The summed E-state index contributed by atoms with van der Waals surface area (Å²) in [6, 6.07) is 11.2. The molecule has 6 heteroatoms. The maximum atomic E-state index is 12.3. The van der Waals surface area contributed by atoms with Crippen molar-refractivity contribution in [3.8, 4) is 5.75 Å². The van der Waals surface area contributed by atoms with Crippen LogP contribution in [-0.4, -0.2) is 55.6 Å². The zero-order valence-electron chi connectivity index (χ0n) is 15.4. The lowest BCUT2D eigenvalue weighted by atomic mass is 10.2. The van der Waals surface area contributed by atoms with Gasteiger partial charge < -0.3 is 19.9 Å². The van der Waals surface area contributed by atoms with Crippen LogP contribution in [0.1, 0.15) is 22.8 Å². The molecule has 0 aliphatic carbocycles. The zero-order chi connectivity index (χ0) is 18.4. The van der Waals surface area contributed by atoms with Gasteiger partial charge in [0.25, 0.3) is 5.91 Å². The number of anilines is 1. The minimum Gasteiger partial charge on any atom is -0.497 e. The van der Waals surface area contributed by atoms with Gasteiger partial charge in [-0.1, -0.05) is 19.1 Å². The number of likely N-dealkylation sites (N-methyl/N-ethyl adjacent to an activating group) is 1. The number of nitrogens with one attached hydrogen (secondary N) is 1. The minimum absolute atomic E-state index is 0.122. The van der Waals surface area contributed by atoms with Gasteiger partial charge in [0.2, 0.25) is 0 Å². The number of hydrogen-bond acceptors (Lipinski definition) is 5. The molecular formula is C20H26N4O2. The number of aromatic nitrogens is 1. The Morgan fingerprint density at radius 1 is 1.19 bits per heavy atom. The summed E-state index contributed by atoms with van der Waals surface area (Å²) in [6.07, 6.45) is 1.84. The average molecular weight is 354 g/mol. The Kier molecular flexibility index (Phi) is 6.07. The molecule has 1 aromatic carbocycles. The van der Waals surface area contributed by atoms with Crippen LogP contribution < -0.4 is 15.0 Å². The van der Waals surface area contributed by atoms with E-state index >= 15 is 0 Å². The highest BCUT2D eigenvalue weighted by molar-refractivity contribution is 5.94. The smallest absolute Gasteiger partial charge is 0.251 e. The molecule has 0 unspecified atom stereocenters. The van der Waals surface area contributed by atoms with Gasteiger partial charge >= 0.3 is 0 Å². The van der Waals surface area contributed by atoms with Crippen LogP contribution in [0.25, 0.3) is 0 Å². The first-order chi connectivity index (χ1) is 12.7. The number of carbonyl (C=O) groups is 1. The maximum Gasteiger partial charge on any atom is 0.251 e. The molecule has 1 aromatic heterocycles. The van der Waals surface area contributed by atoms with Gasteiger partial charge in [0, 0.05) is 44.5 Å². The molecule has 6 nitrogen and oxygen atoms in total. The van der Waals surface area contributed by atoms with E-state index in [0.29, 0.717) is 17.9 Å². The van der Waals surface area contributed by atoms with Crippen molar-refractivity contribution in [1.82, 2.24) is 15.2 Å². The fourth-order valence-corrected chi connectivity index (χ4v) is 3.05. The summed E-state index contributed by atoms with van der Waals surface area (Å²) >= 11 is 0. The van der Waals surface area contributed by atoms with Gasteiger partial charge in [-0.15, -0.1) is 0 Å². The molecule has 0 spiro atoms. The van der Waals surface area contributed by atoms with E-state index in [1.165, 1.54) is 0 Å². The van der Waals surface area contributed by atoms with Crippen molar-refractivity contribution in [2.45, 2.75) is 13.5 Å². The number of ether oxygens (including phenoxy) is 1. The van der Waals surface area contributed by atoms with Crippen molar-refractivity contribution >= 4 is 11.7 Å². The van der Waals surface area contributed by atoms with Crippen LogP contribution in [-0.2, 0) is 6.54 Å². The number of benzene rings is 1. The highest BCUT2D eigenvalue weighted by Gasteiger charge is 2.16. The molecule has 1 aliphatic rings. The Bertz CT molecular complexity index is 725. The predicted octanol–water partition coefficient (Wildman–Crippen LogP) is 2.16. The molecule has 2 aromatic rings. The second-order valence-electron chi connectivity index (χ2n) is 6.36. The first-order valence-electron chi connectivity index (χ1n) is 9.04. The average Bonchev–Trinajstić information content (AvgIpc) is 2.72. The summed E-state index contributed by atoms with van der Waals surface area (Å²) in [6.45, 7) is 7.93. The van der Waals surface area contributed by atoms with E-state index in [4.69, 9.17) is 4.74 Å². The minimum atomic E-state index is -0.122. The quantitative estimate of drug-likeness (QED) is 0.862. The van der Waals surface area contributed by atoms with Gasteiger partial charge in [0.15, 0.2) is 0 Å². The number of methoxy groups -OCH3 is 1. The van der Waals surface area contributed by atoms with Crippen molar-refractivity contribution in [2.24, 2.45) is 0 Å². The van der Waals surface area contributed by atoms with Gasteiger partial charge in [-0.05, 0) is 36.4 Å². The lowest BCUT2D eigenvalue weighted by molar-refractivity contribution is 0.0950. The van der Waals surface area contributed by atoms with E-state index in [-0.39, 0.29) is 5.91 Å². The van der Waals surface area contributed by atoms with Crippen LogP contribution in [0.5, 0.6) is 5.75 Å². The third-order valence-electron chi connectivity index (χ3n) is 4.74. The van der Waals surface area contributed by atoms with Crippen molar-refractivity contribution in [3.63, 3.8) is 0 Å². The maximum absolute atomic E-state index is 12.3. The summed E-state index contributed by atoms with van der Waals surface area (Å²) in [5.41, 5.74) is 1.57. The van der Waals surface area contributed by atoms with E-state index in [1.807, 2.05) is 30.5 Å². The van der Waals surface area contributed by atoms with Crippen LogP contribution in [0.4, 0.5) is 5.82 Å². The van der Waals surface area contributed by atoms with Crippen LogP contribution >= 0.6 is 0 Å². The number of amides is 1. The fourth-order valence-electron chi connectivity index (χ4n) is 3.05. The SMILES string of the molecule is CCN1CCN(c2ccc(CNC(=O)c3cccc(OC)c3)cn2)CC1. The largest absolute Gasteiger partial charge is 0.497 e. The molecule has 1 saturated heterocycles. The van der Waals surface area contributed by atoms with Gasteiger partial charge in [0.1, 0.15) is 11.6 Å². The third-order valence-corrected chi connectivity index (χ3v) is 4.74. The monoisotopic (exact) mass is 354 g/mol. The van der Waals surface area contributed by atoms with Crippen molar-refractivity contribution < 1.29 is 9.53 Å². The van der Waals surface area contributed by atoms with Crippen molar-refractivity contribution in [2.75, 3.05) is 44.7 Å². The number of piperazine rings is 1. The van der Waals surface area contributed by atoms with Gasteiger partial charge in [-0.25, -0.2) is 4.98 Å². The molecule has 0 saturated carbocycles. The first-order valence-corrected chi connectivity index (χ1v) is 9.04. The molecule has 1 N–H and O–H groups in total. The summed E-state index contributed by atoms with van der Waals surface area (Å²) in [5, 5.41) is 2.92. The van der Waals surface area contributed by atoms with Crippen molar-refractivity contribution in [3.05, 3.63) is 53.7 Å². The van der Waals surface area contributed by atoms with Crippen LogP contribution in [0.2, 0.25) is 0 Å². The summed E-state index contributed by atoms with van der Waals surface area (Å²) in [5.74, 6) is 1.55. The summed E-state index contributed by atoms with van der Waals surface area (Å²) in [4.78, 5) is 21.6. The first kappa shape index (κ1) is 18.2. The summed E-state index contributed by atoms with van der Waals surface area (Å²) in [7, 11) is 1.59. The van der Waals surface area contributed by atoms with E-state index in [2.05, 4.69) is 27.0 Å². The number of nitrogens with zero attached hydrogens (tertiary/aromatic N) is 3. The third kappa shape index (κ3) is 4.52. The van der Waals surface area contributed by atoms with Crippen LogP contribution in [0, 0.1) is 0 Å². The molecule has 1 amide bonds. The Morgan fingerprint density at radius 2 is 2.00 bits per heavy atom. The molecule has 2 heterocycles. The molecule has 0 bridgehead atoms. The topological polar surface area (TPSA) is 57.7 Å². The highest BCUT2D eigenvalue weighted by atomic mass is 16.5. The van der Waals surface area contributed by atoms with Crippen LogP contribution in [0.3, 0.4) is 0 Å². The van der Waals surface area contributed by atoms with E-state index in [0.717, 1.165) is 44.1 Å². The number of hydrogen-bond donors (Lipinski definition) is 1. The van der Waals surface area contributed by atoms with Gasteiger partial charge in [-0.2, -0.15) is 0 Å². The molecule has 1 aliphatic heterocycles. The Morgan fingerprint density at radius 3 is 2.65 bits per heavy atom. The molecule has 0 radical (unpaired) electrons. The Balaban J connectivity index is 1.53. The zero-order valence-corrected chi connectivity index (χ0v) is 15.4. The lowest BCUT2D eigenvalue weighted by Gasteiger charge is -2.34. The van der Waals surface area contributed by atoms with Gasteiger partial charge in [-0.3, -0.25) is 4.79 Å². The molecule has 138 valence electrons. The normalized spacial score (nSPS) is 14.9. The molecular weight excluding hydrogens is 328 g/mol. The van der Waals surface area contributed by atoms with E-state index in [9.17, 15) is 4.79 Å². The van der Waals surface area contributed by atoms with Gasteiger partial charge in [0.05, 0.1) is 7.11 Å². The fraction of sp³-hybridized carbons (Fsp3) is 0.400. The standard InChI is InChI=1S/C20H26N4O2/c1-3-23-9-11-24(12-10-23)19-8-7-16(14-21-19)15-22-20(25)17-5-4-6-18(13-17)26-2/h4-8,13-14H,3,9-12,15H2,1-2H3,(H,22,25). The van der Waals surface area contributed by atoms with E-state index < -0.39 is 0 Å². The molecule has 26 heavy (non-hydrogen) atoms. The number of pyridine rings is 1. The lowest BCUT2D eigenvalue weighted by Crippen LogP contribution is -2.46. The Labute approximate surface area is 154 Å². The molecule has 1 fully saturated rings. The van der Waals surface area contributed by atoms with E-state index in [1.54, 1.807) is 19.2 Å². The number of carbonyl (C=O) groups excluding carboxylic acids is 1. The number of rotatable bonds is 6. The second kappa shape index (κ2) is 8.67. The highest BCUT2D eigenvalue weighted by Crippen LogP contribution is 2.15. The Hall–Kier alpha value is -2.60. The molecule has 3 rings (SSSR count). The molecule has 0 atom stereocenters. The van der Waals surface area contributed by atoms with Crippen LogP contribution in [0.15, 0.2) is 42.6 Å². The van der Waals surface area contributed by atoms with Crippen molar-refractivity contribution in [1.29, 1.82) is 0 Å². The second-order valence-corrected chi connectivity index (χ2v) is 6.36.